The molecule has 0 unspecified atom stereocenters. The van der Waals surface area contributed by atoms with Crippen molar-refractivity contribution < 1.29 is 13.6 Å². The quantitative estimate of drug-likeness (QED) is 0.388. The Morgan fingerprint density at radius 3 is 2.68 bits per heavy atom. The van der Waals surface area contributed by atoms with E-state index in [1.807, 2.05) is 49.4 Å². The van der Waals surface area contributed by atoms with Crippen molar-refractivity contribution in [3.63, 3.8) is 0 Å². The van der Waals surface area contributed by atoms with Crippen LogP contribution in [0.15, 0.2) is 75.7 Å². The summed E-state index contributed by atoms with van der Waals surface area (Å²) < 4.78 is 11.4. The second kappa shape index (κ2) is 7.66. The zero-order valence-corrected chi connectivity index (χ0v) is 17.2. The zero-order chi connectivity index (χ0) is 21.4. The van der Waals surface area contributed by atoms with Crippen LogP contribution in [0.2, 0.25) is 0 Å². The lowest BCUT2D eigenvalue weighted by Gasteiger charge is -2.13. The molecule has 31 heavy (non-hydrogen) atoms. The number of amides is 1. The van der Waals surface area contributed by atoms with Gasteiger partial charge in [-0.25, -0.2) is 4.98 Å². The number of rotatable bonds is 3. The normalized spacial score (nSPS) is 11.0. The Balaban J connectivity index is 1.35. The average molecular weight is 428 g/mol. The molecule has 0 bridgehead atoms. The number of hydrogen-bond donors (Lipinski definition) is 2. The Hall–Kier alpha value is -4.04. The van der Waals surface area contributed by atoms with E-state index in [9.17, 15) is 4.79 Å². The van der Waals surface area contributed by atoms with Crippen molar-refractivity contribution in [2.24, 2.45) is 0 Å². The molecule has 0 atom stereocenters. The number of thiocarbonyl (C=S) groups is 1. The summed E-state index contributed by atoms with van der Waals surface area (Å²) in [7, 11) is 0. The van der Waals surface area contributed by atoms with Gasteiger partial charge in [0, 0.05) is 22.8 Å². The van der Waals surface area contributed by atoms with E-state index in [1.54, 1.807) is 24.4 Å². The van der Waals surface area contributed by atoms with Crippen LogP contribution in [0.3, 0.4) is 0 Å². The third-order valence-corrected chi connectivity index (χ3v) is 5.06. The lowest BCUT2D eigenvalue weighted by atomic mass is 10.1. The van der Waals surface area contributed by atoms with Gasteiger partial charge < -0.3 is 14.2 Å². The first kappa shape index (κ1) is 19.0. The summed E-state index contributed by atoms with van der Waals surface area (Å²) in [5, 5.41) is 6.72. The van der Waals surface area contributed by atoms with Crippen molar-refractivity contribution in [3.8, 4) is 11.5 Å². The van der Waals surface area contributed by atoms with Gasteiger partial charge >= 0.3 is 0 Å². The first-order valence-electron chi connectivity index (χ1n) is 9.51. The number of nitrogens with one attached hydrogen (secondary N) is 2. The van der Waals surface area contributed by atoms with Crippen LogP contribution < -0.4 is 10.6 Å². The van der Waals surface area contributed by atoms with E-state index in [1.165, 1.54) is 0 Å². The van der Waals surface area contributed by atoms with Gasteiger partial charge in [0.2, 0.25) is 5.89 Å². The number of oxazole rings is 1. The van der Waals surface area contributed by atoms with Crippen molar-refractivity contribution in [2.45, 2.75) is 6.92 Å². The number of furan rings is 1. The highest BCUT2D eigenvalue weighted by Crippen LogP contribution is 2.30. The van der Waals surface area contributed by atoms with Crippen LogP contribution in [0.1, 0.15) is 16.1 Å². The van der Waals surface area contributed by atoms with Gasteiger partial charge in [0.25, 0.3) is 5.91 Å². The molecule has 0 radical (unpaired) electrons. The van der Waals surface area contributed by atoms with E-state index in [4.69, 9.17) is 21.1 Å². The molecule has 0 aliphatic carbocycles. The van der Waals surface area contributed by atoms with Crippen LogP contribution in [-0.2, 0) is 0 Å². The minimum absolute atomic E-state index is 0.157. The summed E-state index contributed by atoms with van der Waals surface area (Å²) in [5.74, 6) is 0.231. The maximum atomic E-state index is 12.5. The number of para-hydroxylation sites is 1. The summed E-state index contributed by atoms with van der Waals surface area (Å²) in [6.07, 6.45) is 1.67. The Morgan fingerprint density at radius 2 is 1.84 bits per heavy atom. The number of aromatic nitrogens is 2. The van der Waals surface area contributed by atoms with Crippen LogP contribution in [-0.4, -0.2) is 21.0 Å². The Morgan fingerprint density at radius 1 is 1.00 bits per heavy atom. The fraction of sp³-hybridized carbons (Fsp3) is 0.0435. The van der Waals surface area contributed by atoms with Gasteiger partial charge in [-0.05, 0) is 61.1 Å². The van der Waals surface area contributed by atoms with Crippen LogP contribution in [0.5, 0.6) is 0 Å². The molecular formula is C23H16N4O3S. The van der Waals surface area contributed by atoms with Crippen LogP contribution in [0.4, 0.5) is 5.69 Å². The monoisotopic (exact) mass is 428 g/mol. The van der Waals surface area contributed by atoms with Crippen molar-refractivity contribution in [1.29, 1.82) is 0 Å². The number of anilines is 1. The van der Waals surface area contributed by atoms with E-state index in [0.29, 0.717) is 22.7 Å². The molecule has 0 spiro atoms. The predicted molar refractivity (Wildman–Crippen MR) is 122 cm³/mol. The first-order chi connectivity index (χ1) is 15.1. The lowest BCUT2D eigenvalue weighted by Crippen LogP contribution is -2.34. The average Bonchev–Trinajstić information content (AvgIpc) is 3.39. The molecule has 2 N–H and O–H groups in total. The highest BCUT2D eigenvalue weighted by Gasteiger charge is 2.16. The molecule has 0 fully saturated rings. The molecule has 0 aliphatic rings. The Kier molecular flexibility index (Phi) is 4.68. The molecular weight excluding hydrogens is 412 g/mol. The maximum Gasteiger partial charge on any atom is 0.293 e. The van der Waals surface area contributed by atoms with E-state index < -0.39 is 5.91 Å². The summed E-state index contributed by atoms with van der Waals surface area (Å²) in [6.45, 7) is 1.92. The summed E-state index contributed by atoms with van der Waals surface area (Å²) in [4.78, 5) is 21.2. The fourth-order valence-corrected chi connectivity index (χ4v) is 3.50. The van der Waals surface area contributed by atoms with Gasteiger partial charge in [-0.1, -0.05) is 24.3 Å². The number of pyridine rings is 1. The van der Waals surface area contributed by atoms with Gasteiger partial charge in [0.05, 0.1) is 0 Å². The van der Waals surface area contributed by atoms with E-state index in [2.05, 4.69) is 20.6 Å². The molecule has 8 heteroatoms. The summed E-state index contributed by atoms with van der Waals surface area (Å²) in [5.41, 5.74) is 4.20. The van der Waals surface area contributed by atoms with Gasteiger partial charge in [-0.15, -0.1) is 0 Å². The van der Waals surface area contributed by atoms with Crippen LogP contribution in [0.25, 0.3) is 33.7 Å². The fourth-order valence-electron chi connectivity index (χ4n) is 3.30. The third-order valence-electron chi connectivity index (χ3n) is 4.85. The largest absolute Gasteiger partial charge is 0.451 e. The predicted octanol–water partition coefficient (Wildman–Crippen LogP) is 5.07. The van der Waals surface area contributed by atoms with Gasteiger partial charge in [-0.2, -0.15) is 4.98 Å². The number of hydrogen-bond acceptors (Lipinski definition) is 6. The number of carbonyl (C=O) groups excluding carboxylic acids is 1. The minimum Gasteiger partial charge on any atom is -0.451 e. The van der Waals surface area contributed by atoms with Crippen LogP contribution >= 0.6 is 12.2 Å². The lowest BCUT2D eigenvalue weighted by molar-refractivity contribution is 0.0953. The van der Waals surface area contributed by atoms with Crippen molar-refractivity contribution >= 4 is 51.1 Å². The standard InChI is InChI=1S/C23H16N4O3S/c1-13-15(22-26-20-18(30-22)10-5-11-24-20)7-4-8-16(13)25-23(31)27-21(28)19-12-14-6-2-3-9-17(14)29-19/h2-12H,1H3,(H2,25,27,28,31). The Bertz CT molecular complexity index is 1390. The Labute approximate surface area is 182 Å². The second-order valence-electron chi connectivity index (χ2n) is 6.88. The molecule has 5 rings (SSSR count). The molecule has 5 aromatic rings. The summed E-state index contributed by atoms with van der Waals surface area (Å²) in [6, 6.07) is 18.3. The number of fused-ring (bicyclic) bond motifs is 2. The number of benzene rings is 2. The van der Waals surface area contributed by atoms with E-state index >= 15 is 0 Å². The SMILES string of the molecule is Cc1c(NC(=S)NC(=O)c2cc3ccccc3o2)cccc1-c1nc2ncccc2o1. The maximum absolute atomic E-state index is 12.5. The minimum atomic E-state index is -0.424. The molecule has 0 aliphatic heterocycles. The topological polar surface area (TPSA) is 93.2 Å². The molecule has 7 nitrogen and oxygen atoms in total. The highest BCUT2D eigenvalue weighted by atomic mass is 32.1. The number of nitrogens with zero attached hydrogens (tertiary/aromatic N) is 2. The molecule has 3 aromatic heterocycles. The first-order valence-corrected chi connectivity index (χ1v) is 9.92. The van der Waals surface area contributed by atoms with E-state index in [0.717, 1.165) is 22.2 Å². The van der Waals surface area contributed by atoms with Gasteiger partial charge in [0.15, 0.2) is 22.1 Å². The van der Waals surface area contributed by atoms with Crippen molar-refractivity contribution in [2.75, 3.05) is 5.32 Å². The van der Waals surface area contributed by atoms with Gasteiger partial charge in [0.1, 0.15) is 5.58 Å². The second-order valence-corrected chi connectivity index (χ2v) is 7.29. The molecule has 3 heterocycles. The molecule has 0 saturated carbocycles. The zero-order valence-electron chi connectivity index (χ0n) is 16.4. The third kappa shape index (κ3) is 3.64. The van der Waals surface area contributed by atoms with Crippen LogP contribution in [0, 0.1) is 6.92 Å². The molecule has 152 valence electrons. The van der Waals surface area contributed by atoms with Crippen molar-refractivity contribution in [3.05, 3.63) is 78.2 Å². The van der Waals surface area contributed by atoms with Crippen molar-refractivity contribution in [1.82, 2.24) is 15.3 Å². The summed E-state index contributed by atoms with van der Waals surface area (Å²) >= 11 is 5.33. The molecule has 1 amide bonds. The molecule has 2 aromatic carbocycles. The smallest absolute Gasteiger partial charge is 0.293 e. The highest BCUT2D eigenvalue weighted by molar-refractivity contribution is 7.80. The van der Waals surface area contributed by atoms with E-state index in [-0.39, 0.29) is 10.9 Å². The number of carbonyl (C=O) groups is 1. The molecule has 0 saturated heterocycles. The van der Waals surface area contributed by atoms with Gasteiger partial charge in [-0.3, -0.25) is 10.1 Å².